The predicted molar refractivity (Wildman–Crippen MR) is 99.4 cm³/mol. The highest BCUT2D eigenvalue weighted by Crippen LogP contribution is 2.38. The summed E-state index contributed by atoms with van der Waals surface area (Å²) in [6.45, 7) is 3.81. The fraction of sp³-hybridized carbons (Fsp3) is 0.833. The minimum Gasteiger partial charge on any atom is -0.355 e. The van der Waals surface area contributed by atoms with Gasteiger partial charge in [0.15, 0.2) is 5.96 Å². The van der Waals surface area contributed by atoms with Crippen molar-refractivity contribution in [3.05, 3.63) is 0 Å². The second-order valence-corrected chi connectivity index (χ2v) is 7.54. The molecule has 1 heterocycles. The average molecular weight is 351 g/mol. The second-order valence-electron chi connectivity index (χ2n) is 7.54. The van der Waals surface area contributed by atoms with Crippen LogP contribution in [0.2, 0.25) is 0 Å². The Morgan fingerprint density at radius 1 is 1.20 bits per heavy atom. The summed E-state index contributed by atoms with van der Waals surface area (Å²) in [5, 5.41) is 6.83. The van der Waals surface area contributed by atoms with Gasteiger partial charge in [-0.15, -0.1) is 0 Å². The van der Waals surface area contributed by atoms with Crippen LogP contribution in [0.3, 0.4) is 0 Å². The third-order valence-corrected chi connectivity index (χ3v) is 5.52. The maximum absolute atomic E-state index is 12.6. The Balaban J connectivity index is 1.87. The van der Waals surface area contributed by atoms with Gasteiger partial charge in [0.1, 0.15) is 0 Å². The lowest BCUT2D eigenvalue weighted by Crippen LogP contribution is -2.53. The van der Waals surface area contributed by atoms with E-state index in [1.807, 2.05) is 19.0 Å². The number of hydrogen-bond acceptors (Lipinski definition) is 3. The lowest BCUT2D eigenvalue weighted by molar-refractivity contribution is -0.138. The van der Waals surface area contributed by atoms with Gasteiger partial charge in [-0.05, 0) is 25.7 Å². The SMILES string of the molecule is CN=C(NCC1(C(=O)N(C)C)CCCC1)NC1CCN(C(C)=O)CC1. The summed E-state index contributed by atoms with van der Waals surface area (Å²) in [6.07, 6.45) is 5.92. The van der Waals surface area contributed by atoms with Gasteiger partial charge in [0, 0.05) is 53.7 Å². The minimum atomic E-state index is -0.306. The maximum Gasteiger partial charge on any atom is 0.230 e. The lowest BCUT2D eigenvalue weighted by Gasteiger charge is -2.34. The molecule has 2 fully saturated rings. The Labute approximate surface area is 151 Å². The molecule has 0 unspecified atom stereocenters. The molecule has 0 atom stereocenters. The topological polar surface area (TPSA) is 77.0 Å². The Morgan fingerprint density at radius 3 is 2.28 bits per heavy atom. The van der Waals surface area contributed by atoms with E-state index in [0.29, 0.717) is 12.6 Å². The Morgan fingerprint density at radius 2 is 1.80 bits per heavy atom. The molecule has 1 saturated heterocycles. The van der Waals surface area contributed by atoms with Gasteiger partial charge in [-0.1, -0.05) is 12.8 Å². The van der Waals surface area contributed by atoms with Crippen molar-refractivity contribution in [1.82, 2.24) is 20.4 Å². The van der Waals surface area contributed by atoms with Crippen LogP contribution in [-0.2, 0) is 9.59 Å². The highest BCUT2D eigenvalue weighted by molar-refractivity contribution is 5.85. The molecule has 2 amide bonds. The molecule has 142 valence electrons. The van der Waals surface area contributed by atoms with Crippen molar-refractivity contribution >= 4 is 17.8 Å². The van der Waals surface area contributed by atoms with Crippen molar-refractivity contribution in [2.75, 3.05) is 40.8 Å². The molecule has 2 N–H and O–H groups in total. The van der Waals surface area contributed by atoms with E-state index in [1.165, 1.54) is 0 Å². The minimum absolute atomic E-state index is 0.145. The molecule has 2 aliphatic rings. The first-order chi connectivity index (χ1) is 11.9. The molecule has 7 nitrogen and oxygen atoms in total. The highest BCUT2D eigenvalue weighted by atomic mass is 16.2. The molecule has 7 heteroatoms. The first-order valence-electron chi connectivity index (χ1n) is 9.32. The number of nitrogens with zero attached hydrogens (tertiary/aromatic N) is 3. The van der Waals surface area contributed by atoms with Crippen LogP contribution in [0.25, 0.3) is 0 Å². The Bertz CT molecular complexity index is 504. The van der Waals surface area contributed by atoms with Crippen molar-refractivity contribution in [2.24, 2.45) is 10.4 Å². The molecular formula is C18H33N5O2. The van der Waals surface area contributed by atoms with Crippen LogP contribution in [0.1, 0.15) is 45.4 Å². The summed E-state index contributed by atoms with van der Waals surface area (Å²) >= 11 is 0. The molecule has 0 aromatic heterocycles. The summed E-state index contributed by atoms with van der Waals surface area (Å²) in [5.41, 5.74) is -0.306. The van der Waals surface area contributed by atoms with E-state index in [0.717, 1.165) is 57.6 Å². The van der Waals surface area contributed by atoms with Gasteiger partial charge in [0.2, 0.25) is 11.8 Å². The smallest absolute Gasteiger partial charge is 0.230 e. The monoisotopic (exact) mass is 351 g/mol. The number of amides is 2. The molecule has 0 spiro atoms. The number of guanidine groups is 1. The number of aliphatic imine (C=N–C) groups is 1. The van der Waals surface area contributed by atoms with E-state index in [1.54, 1.807) is 18.9 Å². The summed E-state index contributed by atoms with van der Waals surface area (Å²) < 4.78 is 0. The standard InChI is InChI=1S/C18H33N5O2/c1-14(24)23-11-7-15(8-12-23)21-17(19-2)20-13-18(9-5-6-10-18)16(25)22(3)4/h15H,5-13H2,1-4H3,(H2,19,20,21). The average Bonchev–Trinajstić information content (AvgIpc) is 3.08. The number of carbonyl (C=O) groups excluding carboxylic acids is 2. The van der Waals surface area contributed by atoms with Crippen LogP contribution >= 0.6 is 0 Å². The van der Waals surface area contributed by atoms with Crippen LogP contribution in [-0.4, -0.2) is 74.4 Å². The zero-order chi connectivity index (χ0) is 18.4. The number of likely N-dealkylation sites (tertiary alicyclic amines) is 1. The molecule has 25 heavy (non-hydrogen) atoms. The Hall–Kier alpha value is -1.79. The van der Waals surface area contributed by atoms with Gasteiger partial charge in [0.25, 0.3) is 0 Å². The predicted octanol–water partition coefficient (Wildman–Crippen LogP) is 0.811. The van der Waals surface area contributed by atoms with Gasteiger partial charge in [0.05, 0.1) is 5.41 Å². The van der Waals surface area contributed by atoms with Crippen molar-refractivity contribution in [2.45, 2.75) is 51.5 Å². The zero-order valence-electron chi connectivity index (χ0n) is 16.1. The van der Waals surface area contributed by atoms with Crippen LogP contribution in [0.4, 0.5) is 0 Å². The third kappa shape index (κ3) is 4.86. The van der Waals surface area contributed by atoms with E-state index in [2.05, 4.69) is 15.6 Å². The normalized spacial score (nSPS) is 21.1. The fourth-order valence-electron chi connectivity index (χ4n) is 3.97. The van der Waals surface area contributed by atoms with E-state index >= 15 is 0 Å². The van der Waals surface area contributed by atoms with Crippen LogP contribution < -0.4 is 10.6 Å². The molecule has 2 rings (SSSR count). The number of nitrogens with one attached hydrogen (secondary N) is 2. The van der Waals surface area contributed by atoms with E-state index in [-0.39, 0.29) is 17.2 Å². The second kappa shape index (κ2) is 8.54. The van der Waals surface area contributed by atoms with E-state index in [9.17, 15) is 9.59 Å². The quantitative estimate of drug-likeness (QED) is 0.580. The largest absolute Gasteiger partial charge is 0.355 e. The van der Waals surface area contributed by atoms with Gasteiger partial charge < -0.3 is 20.4 Å². The summed E-state index contributed by atoms with van der Waals surface area (Å²) in [6, 6.07) is 0.311. The van der Waals surface area contributed by atoms with Crippen LogP contribution in [0.15, 0.2) is 4.99 Å². The van der Waals surface area contributed by atoms with E-state index < -0.39 is 0 Å². The first-order valence-corrected chi connectivity index (χ1v) is 9.32. The molecule has 0 radical (unpaired) electrons. The van der Waals surface area contributed by atoms with Gasteiger partial charge >= 0.3 is 0 Å². The summed E-state index contributed by atoms with van der Waals surface area (Å²) in [4.78, 5) is 32.0. The molecule has 0 bridgehead atoms. The number of piperidine rings is 1. The lowest BCUT2D eigenvalue weighted by atomic mass is 9.84. The van der Waals surface area contributed by atoms with Crippen molar-refractivity contribution in [3.63, 3.8) is 0 Å². The zero-order valence-corrected chi connectivity index (χ0v) is 16.1. The van der Waals surface area contributed by atoms with E-state index in [4.69, 9.17) is 0 Å². The molecule has 1 aliphatic carbocycles. The molecule has 1 saturated carbocycles. The number of rotatable bonds is 4. The summed E-state index contributed by atoms with van der Waals surface area (Å²) in [7, 11) is 5.42. The summed E-state index contributed by atoms with van der Waals surface area (Å²) in [5.74, 6) is 1.10. The van der Waals surface area contributed by atoms with Gasteiger partial charge in [-0.25, -0.2) is 0 Å². The van der Waals surface area contributed by atoms with Gasteiger partial charge in [-0.3, -0.25) is 14.6 Å². The number of hydrogen-bond donors (Lipinski definition) is 2. The maximum atomic E-state index is 12.6. The van der Waals surface area contributed by atoms with Crippen molar-refractivity contribution in [3.8, 4) is 0 Å². The fourth-order valence-corrected chi connectivity index (χ4v) is 3.97. The van der Waals surface area contributed by atoms with Gasteiger partial charge in [-0.2, -0.15) is 0 Å². The van der Waals surface area contributed by atoms with Crippen LogP contribution in [0, 0.1) is 5.41 Å². The molecular weight excluding hydrogens is 318 g/mol. The Kier molecular flexibility index (Phi) is 6.67. The molecule has 0 aromatic carbocycles. The first kappa shape index (κ1) is 19.5. The highest BCUT2D eigenvalue weighted by Gasteiger charge is 2.42. The van der Waals surface area contributed by atoms with Crippen molar-refractivity contribution < 1.29 is 9.59 Å². The third-order valence-electron chi connectivity index (χ3n) is 5.52. The molecule has 1 aliphatic heterocycles. The van der Waals surface area contributed by atoms with Crippen molar-refractivity contribution in [1.29, 1.82) is 0 Å². The molecule has 0 aromatic rings. The van der Waals surface area contributed by atoms with Crippen LogP contribution in [0.5, 0.6) is 0 Å². The number of carbonyl (C=O) groups is 2.